The summed E-state index contributed by atoms with van der Waals surface area (Å²) >= 11 is 0. The van der Waals surface area contributed by atoms with Crippen molar-refractivity contribution in [2.45, 2.75) is 39.2 Å². The molecule has 184 valence electrons. The van der Waals surface area contributed by atoms with Crippen LogP contribution in [0.3, 0.4) is 0 Å². The number of aryl methyl sites for hydroxylation is 2. The van der Waals surface area contributed by atoms with Crippen LogP contribution in [0.1, 0.15) is 41.8 Å². The second-order valence-electron chi connectivity index (χ2n) is 9.41. The highest BCUT2D eigenvalue weighted by Crippen LogP contribution is 2.33. The van der Waals surface area contributed by atoms with Gasteiger partial charge in [0.15, 0.2) is 5.76 Å². The molecule has 1 atom stereocenters. The van der Waals surface area contributed by atoms with Gasteiger partial charge in [0.25, 0.3) is 11.9 Å². The molecule has 0 spiro atoms. The van der Waals surface area contributed by atoms with Crippen LogP contribution in [-0.2, 0) is 12.8 Å². The van der Waals surface area contributed by atoms with E-state index in [1.54, 1.807) is 17.1 Å². The largest absolute Gasteiger partial charge is 0.463 e. The van der Waals surface area contributed by atoms with Crippen molar-refractivity contribution in [2.75, 3.05) is 26.2 Å². The molecule has 6 rings (SSSR count). The average Bonchev–Trinajstić information content (AvgIpc) is 3.69. The van der Waals surface area contributed by atoms with Gasteiger partial charge in [0.05, 0.1) is 23.7 Å². The molecule has 1 fully saturated rings. The van der Waals surface area contributed by atoms with Gasteiger partial charge in [0, 0.05) is 30.9 Å². The number of likely N-dealkylation sites (N-methyl/N-ethyl adjacent to an activating group) is 1. The van der Waals surface area contributed by atoms with Crippen LogP contribution in [0.25, 0.3) is 28.7 Å². The fourth-order valence-electron chi connectivity index (χ4n) is 5.60. The molecule has 0 bridgehead atoms. The molecule has 36 heavy (non-hydrogen) atoms. The number of amides is 1. The number of furan rings is 1. The summed E-state index contributed by atoms with van der Waals surface area (Å²) in [5.74, 6) is 0.959. The molecule has 4 aromatic rings. The van der Waals surface area contributed by atoms with Crippen LogP contribution < -0.4 is 0 Å². The van der Waals surface area contributed by atoms with Crippen molar-refractivity contribution in [3.05, 3.63) is 71.7 Å². The molecule has 1 saturated heterocycles. The first kappa shape index (κ1) is 22.7. The van der Waals surface area contributed by atoms with E-state index < -0.39 is 0 Å². The molecule has 3 aromatic heterocycles. The van der Waals surface area contributed by atoms with E-state index in [4.69, 9.17) is 9.40 Å². The van der Waals surface area contributed by atoms with Crippen LogP contribution >= 0.6 is 0 Å². The number of hydrogen-bond acceptors (Lipinski definition) is 6. The molecule has 1 aromatic carbocycles. The average molecular weight is 483 g/mol. The van der Waals surface area contributed by atoms with Gasteiger partial charge >= 0.3 is 0 Å². The molecule has 0 saturated carbocycles. The maximum atomic E-state index is 13.7. The van der Waals surface area contributed by atoms with E-state index in [0.717, 1.165) is 62.3 Å². The molecule has 0 unspecified atom stereocenters. The normalized spacial score (nSPS) is 16.9. The zero-order valence-corrected chi connectivity index (χ0v) is 20.7. The lowest BCUT2D eigenvalue weighted by molar-refractivity contribution is 0.0778. The van der Waals surface area contributed by atoms with Crippen LogP contribution in [0.2, 0.25) is 0 Å². The van der Waals surface area contributed by atoms with E-state index in [1.165, 1.54) is 5.56 Å². The standard InChI is InChI=1S/C28H30N6O2/c1-3-32(4-2)21-13-14-33(18-21)27(35)23-17-30-34(26(23)24-10-7-15-36-24)28-29-16-20-12-11-19-8-5-6-9-22(19)25(20)31-28/h5-10,15-17,21H,3-4,11-14,18H2,1-2H3/t21-/m1/s1. The van der Waals surface area contributed by atoms with Crippen molar-refractivity contribution < 1.29 is 9.21 Å². The first-order valence-electron chi connectivity index (χ1n) is 12.8. The Morgan fingerprint density at radius 2 is 1.92 bits per heavy atom. The maximum absolute atomic E-state index is 13.7. The van der Waals surface area contributed by atoms with Gasteiger partial charge in [-0.15, -0.1) is 0 Å². The molecule has 4 heterocycles. The van der Waals surface area contributed by atoms with E-state index in [-0.39, 0.29) is 5.91 Å². The Balaban J connectivity index is 1.39. The predicted octanol–water partition coefficient (Wildman–Crippen LogP) is 4.24. The maximum Gasteiger partial charge on any atom is 0.257 e. The van der Waals surface area contributed by atoms with Gasteiger partial charge in [-0.2, -0.15) is 9.78 Å². The Morgan fingerprint density at radius 3 is 2.72 bits per heavy atom. The van der Waals surface area contributed by atoms with E-state index in [1.807, 2.05) is 29.3 Å². The van der Waals surface area contributed by atoms with Crippen molar-refractivity contribution in [2.24, 2.45) is 0 Å². The van der Waals surface area contributed by atoms with Crippen molar-refractivity contribution in [3.63, 3.8) is 0 Å². The highest BCUT2D eigenvalue weighted by Gasteiger charge is 2.33. The zero-order valence-electron chi connectivity index (χ0n) is 20.7. The van der Waals surface area contributed by atoms with Gasteiger partial charge in [-0.05, 0) is 55.6 Å². The van der Waals surface area contributed by atoms with Crippen molar-refractivity contribution in [3.8, 4) is 28.7 Å². The quantitative estimate of drug-likeness (QED) is 0.409. The third kappa shape index (κ3) is 3.82. The summed E-state index contributed by atoms with van der Waals surface area (Å²) in [4.78, 5) is 27.7. The fraction of sp³-hybridized carbons (Fsp3) is 0.357. The van der Waals surface area contributed by atoms with Crippen molar-refractivity contribution in [1.82, 2.24) is 29.5 Å². The second-order valence-corrected chi connectivity index (χ2v) is 9.41. The number of nitrogens with zero attached hydrogens (tertiary/aromatic N) is 6. The van der Waals surface area contributed by atoms with E-state index >= 15 is 0 Å². The van der Waals surface area contributed by atoms with Gasteiger partial charge in [-0.25, -0.2) is 9.97 Å². The van der Waals surface area contributed by atoms with Crippen molar-refractivity contribution >= 4 is 5.91 Å². The predicted molar refractivity (Wildman–Crippen MR) is 137 cm³/mol. The zero-order chi connectivity index (χ0) is 24.6. The van der Waals surface area contributed by atoms with Gasteiger partial charge in [-0.1, -0.05) is 38.1 Å². The number of likely N-dealkylation sites (tertiary alicyclic amines) is 1. The third-order valence-corrected chi connectivity index (χ3v) is 7.51. The molecule has 1 aliphatic carbocycles. The lowest BCUT2D eigenvalue weighted by atomic mass is 9.90. The minimum Gasteiger partial charge on any atom is -0.463 e. The summed E-state index contributed by atoms with van der Waals surface area (Å²) in [6.45, 7) is 7.76. The van der Waals surface area contributed by atoms with Crippen LogP contribution in [0.5, 0.6) is 0 Å². The molecule has 1 amide bonds. The summed E-state index contributed by atoms with van der Waals surface area (Å²) in [5, 5.41) is 4.60. The Bertz CT molecular complexity index is 1390. The molecule has 8 nitrogen and oxygen atoms in total. The lowest BCUT2D eigenvalue weighted by Crippen LogP contribution is -2.38. The summed E-state index contributed by atoms with van der Waals surface area (Å²) in [7, 11) is 0. The molecular weight excluding hydrogens is 452 g/mol. The number of carbonyl (C=O) groups is 1. The first-order valence-corrected chi connectivity index (χ1v) is 12.8. The number of hydrogen-bond donors (Lipinski definition) is 0. The first-order chi connectivity index (χ1) is 17.7. The summed E-state index contributed by atoms with van der Waals surface area (Å²) < 4.78 is 7.40. The molecule has 2 aliphatic rings. The smallest absolute Gasteiger partial charge is 0.257 e. The lowest BCUT2D eigenvalue weighted by Gasteiger charge is -2.26. The van der Waals surface area contributed by atoms with Crippen LogP contribution in [-0.4, -0.2) is 67.7 Å². The second kappa shape index (κ2) is 9.35. The molecular formula is C28H30N6O2. The number of rotatable bonds is 6. The minimum atomic E-state index is -0.0365. The minimum absolute atomic E-state index is 0.0365. The molecule has 0 N–H and O–H groups in total. The monoisotopic (exact) mass is 482 g/mol. The van der Waals surface area contributed by atoms with Gasteiger partial charge < -0.3 is 9.32 Å². The molecule has 0 radical (unpaired) electrons. The Labute approximate surface area is 210 Å². The number of aromatic nitrogens is 4. The van der Waals surface area contributed by atoms with Gasteiger partial charge in [-0.3, -0.25) is 9.69 Å². The highest BCUT2D eigenvalue weighted by atomic mass is 16.3. The van der Waals surface area contributed by atoms with Crippen LogP contribution in [0, 0.1) is 0 Å². The Kier molecular flexibility index (Phi) is 5.89. The van der Waals surface area contributed by atoms with E-state index in [2.05, 4.69) is 47.0 Å². The molecule has 8 heteroatoms. The van der Waals surface area contributed by atoms with E-state index in [0.29, 0.717) is 29.0 Å². The van der Waals surface area contributed by atoms with Crippen molar-refractivity contribution in [1.29, 1.82) is 0 Å². The fourth-order valence-corrected chi connectivity index (χ4v) is 5.60. The summed E-state index contributed by atoms with van der Waals surface area (Å²) in [6.07, 6.45) is 7.99. The van der Waals surface area contributed by atoms with Crippen LogP contribution in [0.4, 0.5) is 0 Å². The van der Waals surface area contributed by atoms with Crippen LogP contribution in [0.15, 0.2) is 59.5 Å². The van der Waals surface area contributed by atoms with E-state index in [9.17, 15) is 4.79 Å². The highest BCUT2D eigenvalue weighted by molar-refractivity contribution is 5.99. The SMILES string of the molecule is CCN(CC)[C@@H]1CCN(C(=O)c2cnn(-c3ncc4c(n3)-c3ccccc3CC4)c2-c2ccco2)C1. The Hall–Kier alpha value is -3.78. The van der Waals surface area contributed by atoms with Gasteiger partial charge in [0.2, 0.25) is 0 Å². The number of carbonyl (C=O) groups excluding carboxylic acids is 1. The summed E-state index contributed by atoms with van der Waals surface area (Å²) in [5.41, 5.74) is 5.56. The number of benzene rings is 1. The topological polar surface area (TPSA) is 80.3 Å². The number of fused-ring (bicyclic) bond motifs is 3. The third-order valence-electron chi connectivity index (χ3n) is 7.51. The summed E-state index contributed by atoms with van der Waals surface area (Å²) in [6, 6.07) is 12.4. The van der Waals surface area contributed by atoms with Gasteiger partial charge in [0.1, 0.15) is 5.69 Å². The molecule has 1 aliphatic heterocycles. The Morgan fingerprint density at radius 1 is 1.08 bits per heavy atom.